The van der Waals surface area contributed by atoms with Gasteiger partial charge in [0, 0.05) is 23.1 Å². The van der Waals surface area contributed by atoms with Crippen LogP contribution in [0.5, 0.6) is 5.75 Å². The number of likely N-dealkylation sites (tertiary alicyclic amines) is 1. The fraction of sp³-hybridized carbons (Fsp3) is 0.364. The average molecular weight is 276 g/mol. The zero-order chi connectivity index (χ0) is 12.4. The second-order valence-electron chi connectivity index (χ2n) is 3.85. The number of benzene rings is 1. The molecule has 2 rings (SSSR count). The third-order valence-corrected chi connectivity index (χ3v) is 2.85. The van der Waals surface area contributed by atoms with Gasteiger partial charge in [0.25, 0.3) is 5.91 Å². The number of aliphatic hydroxyl groups is 1. The van der Waals surface area contributed by atoms with Gasteiger partial charge in [0.05, 0.1) is 6.10 Å². The van der Waals surface area contributed by atoms with E-state index >= 15 is 0 Å². The summed E-state index contributed by atoms with van der Waals surface area (Å²) in [5.41, 5.74) is 0. The molecule has 0 atom stereocenters. The maximum atomic E-state index is 11.5. The van der Waals surface area contributed by atoms with E-state index in [2.05, 4.69) is 0 Å². The molecule has 1 saturated heterocycles. The Morgan fingerprint density at radius 1 is 1.35 bits per heavy atom. The second-order valence-corrected chi connectivity index (χ2v) is 4.72. The first kappa shape index (κ1) is 12.5. The molecule has 4 nitrogen and oxygen atoms in total. The minimum Gasteiger partial charge on any atom is -0.484 e. The van der Waals surface area contributed by atoms with Crippen LogP contribution in [0.2, 0.25) is 10.0 Å². The van der Waals surface area contributed by atoms with Gasteiger partial charge in [0.1, 0.15) is 5.75 Å². The second kappa shape index (κ2) is 5.12. The van der Waals surface area contributed by atoms with E-state index in [1.807, 2.05) is 0 Å². The summed E-state index contributed by atoms with van der Waals surface area (Å²) in [7, 11) is 0. The molecular weight excluding hydrogens is 265 g/mol. The Morgan fingerprint density at radius 2 is 1.94 bits per heavy atom. The molecule has 0 aromatic heterocycles. The van der Waals surface area contributed by atoms with Crippen molar-refractivity contribution < 1.29 is 14.6 Å². The van der Waals surface area contributed by atoms with E-state index in [9.17, 15) is 4.79 Å². The molecule has 1 fully saturated rings. The smallest absolute Gasteiger partial charge is 0.260 e. The van der Waals surface area contributed by atoms with Crippen LogP contribution >= 0.6 is 23.2 Å². The molecule has 0 unspecified atom stereocenters. The van der Waals surface area contributed by atoms with Crippen molar-refractivity contribution in [2.75, 3.05) is 19.7 Å². The molecular formula is C11H11Cl2NO3. The summed E-state index contributed by atoms with van der Waals surface area (Å²) >= 11 is 11.6. The van der Waals surface area contributed by atoms with Crippen molar-refractivity contribution in [3.8, 4) is 5.75 Å². The van der Waals surface area contributed by atoms with E-state index in [0.29, 0.717) is 28.9 Å². The fourth-order valence-corrected chi connectivity index (χ4v) is 2.01. The summed E-state index contributed by atoms with van der Waals surface area (Å²) in [5.74, 6) is 0.295. The summed E-state index contributed by atoms with van der Waals surface area (Å²) in [6.45, 7) is 0.667. The predicted molar refractivity (Wildman–Crippen MR) is 64.5 cm³/mol. The van der Waals surface area contributed by atoms with Crippen LogP contribution < -0.4 is 4.74 Å². The molecule has 1 aromatic carbocycles. The molecule has 1 heterocycles. The van der Waals surface area contributed by atoms with Crippen molar-refractivity contribution in [1.29, 1.82) is 0 Å². The number of hydrogen-bond donors (Lipinski definition) is 1. The number of nitrogens with zero attached hydrogens (tertiary/aromatic N) is 1. The van der Waals surface area contributed by atoms with Crippen molar-refractivity contribution in [3.63, 3.8) is 0 Å². The van der Waals surface area contributed by atoms with E-state index < -0.39 is 6.10 Å². The molecule has 0 spiro atoms. The molecule has 1 aromatic rings. The lowest BCUT2D eigenvalue weighted by Gasteiger charge is -2.35. The normalized spacial score (nSPS) is 15.6. The Balaban J connectivity index is 1.87. The van der Waals surface area contributed by atoms with Crippen molar-refractivity contribution >= 4 is 29.1 Å². The van der Waals surface area contributed by atoms with Gasteiger partial charge < -0.3 is 14.7 Å². The van der Waals surface area contributed by atoms with Gasteiger partial charge in [-0.05, 0) is 18.2 Å². The molecule has 6 heteroatoms. The summed E-state index contributed by atoms with van der Waals surface area (Å²) in [5, 5.41) is 9.97. The number of ether oxygens (including phenoxy) is 1. The molecule has 0 radical (unpaired) electrons. The quantitative estimate of drug-likeness (QED) is 0.911. The summed E-state index contributed by atoms with van der Waals surface area (Å²) < 4.78 is 5.28. The van der Waals surface area contributed by atoms with E-state index in [1.54, 1.807) is 18.2 Å². The Hall–Kier alpha value is -0.970. The first-order valence-corrected chi connectivity index (χ1v) is 5.85. The van der Waals surface area contributed by atoms with Crippen molar-refractivity contribution in [3.05, 3.63) is 28.2 Å². The van der Waals surface area contributed by atoms with Crippen LogP contribution in [0.3, 0.4) is 0 Å². The Labute approximate surface area is 109 Å². The van der Waals surface area contributed by atoms with Gasteiger partial charge >= 0.3 is 0 Å². The highest BCUT2D eigenvalue weighted by Gasteiger charge is 2.28. The minimum atomic E-state index is -0.403. The maximum absolute atomic E-state index is 11.5. The van der Waals surface area contributed by atoms with Crippen LogP contribution in [-0.2, 0) is 4.79 Å². The van der Waals surface area contributed by atoms with Crippen LogP contribution in [0.4, 0.5) is 0 Å². The van der Waals surface area contributed by atoms with Gasteiger partial charge in [-0.25, -0.2) is 0 Å². The molecule has 1 N–H and O–H groups in total. The van der Waals surface area contributed by atoms with Gasteiger partial charge in [-0.1, -0.05) is 23.2 Å². The van der Waals surface area contributed by atoms with Crippen molar-refractivity contribution in [2.45, 2.75) is 6.10 Å². The third-order valence-electron chi connectivity index (χ3n) is 2.41. The van der Waals surface area contributed by atoms with Gasteiger partial charge in [-0.3, -0.25) is 4.79 Å². The number of amides is 1. The van der Waals surface area contributed by atoms with E-state index in [-0.39, 0.29) is 12.5 Å². The van der Waals surface area contributed by atoms with Gasteiger partial charge in [-0.2, -0.15) is 0 Å². The fourth-order valence-electron chi connectivity index (χ4n) is 1.51. The minimum absolute atomic E-state index is 0.0800. The Bertz CT molecular complexity index is 412. The molecule has 1 amide bonds. The highest BCUT2D eigenvalue weighted by molar-refractivity contribution is 6.34. The van der Waals surface area contributed by atoms with Crippen molar-refractivity contribution in [1.82, 2.24) is 4.90 Å². The number of rotatable bonds is 3. The number of carbonyl (C=O) groups excluding carboxylic acids is 1. The Morgan fingerprint density at radius 3 is 2.47 bits per heavy atom. The number of carbonyl (C=O) groups is 1. The number of hydrogen-bond acceptors (Lipinski definition) is 3. The number of aliphatic hydroxyl groups excluding tert-OH is 1. The molecule has 0 aliphatic carbocycles. The zero-order valence-corrected chi connectivity index (χ0v) is 10.4. The van der Waals surface area contributed by atoms with Crippen LogP contribution in [0.1, 0.15) is 0 Å². The van der Waals surface area contributed by atoms with Crippen LogP contribution in [0, 0.1) is 0 Å². The highest BCUT2D eigenvalue weighted by atomic mass is 35.5. The zero-order valence-electron chi connectivity index (χ0n) is 8.90. The first-order valence-electron chi connectivity index (χ1n) is 5.09. The summed E-state index contributed by atoms with van der Waals surface area (Å²) in [4.78, 5) is 13.1. The van der Waals surface area contributed by atoms with Crippen LogP contribution in [-0.4, -0.2) is 41.7 Å². The molecule has 92 valence electrons. The number of β-amino-alcohol motifs (C(OH)–C–C–N with tert-alkyl or cyclic N) is 1. The monoisotopic (exact) mass is 275 g/mol. The lowest BCUT2D eigenvalue weighted by Crippen LogP contribution is -2.54. The van der Waals surface area contributed by atoms with E-state index in [4.69, 9.17) is 33.0 Å². The third kappa shape index (κ3) is 3.25. The molecule has 17 heavy (non-hydrogen) atoms. The standard InChI is InChI=1S/C11H11Cl2NO3/c12-7-1-8(13)3-10(2-7)17-6-11(16)14-4-9(15)5-14/h1-3,9,15H,4-6H2. The highest BCUT2D eigenvalue weighted by Crippen LogP contribution is 2.24. The van der Waals surface area contributed by atoms with E-state index in [0.717, 1.165) is 0 Å². The lowest BCUT2D eigenvalue weighted by molar-refractivity contribution is -0.143. The van der Waals surface area contributed by atoms with E-state index in [1.165, 1.54) is 4.90 Å². The topological polar surface area (TPSA) is 49.8 Å². The van der Waals surface area contributed by atoms with Gasteiger partial charge in [-0.15, -0.1) is 0 Å². The van der Waals surface area contributed by atoms with Gasteiger partial charge in [0.15, 0.2) is 6.61 Å². The largest absolute Gasteiger partial charge is 0.484 e. The molecule has 1 aliphatic heterocycles. The van der Waals surface area contributed by atoms with Crippen LogP contribution in [0.25, 0.3) is 0 Å². The molecule has 0 saturated carbocycles. The maximum Gasteiger partial charge on any atom is 0.260 e. The SMILES string of the molecule is O=C(COc1cc(Cl)cc(Cl)c1)N1CC(O)C1. The van der Waals surface area contributed by atoms with Crippen molar-refractivity contribution in [2.24, 2.45) is 0 Å². The Kier molecular flexibility index (Phi) is 3.76. The van der Waals surface area contributed by atoms with Gasteiger partial charge in [0.2, 0.25) is 0 Å². The van der Waals surface area contributed by atoms with Crippen LogP contribution in [0.15, 0.2) is 18.2 Å². The first-order chi connectivity index (χ1) is 8.04. The predicted octanol–water partition coefficient (Wildman–Crippen LogP) is 1.58. The lowest BCUT2D eigenvalue weighted by atomic mass is 10.2. The molecule has 1 aliphatic rings. The summed E-state index contributed by atoms with van der Waals surface area (Å²) in [6.07, 6.45) is -0.403. The average Bonchev–Trinajstić information content (AvgIpc) is 2.20. The molecule has 0 bridgehead atoms. The summed E-state index contributed by atoms with van der Waals surface area (Å²) in [6, 6.07) is 4.76. The number of halogens is 2.